The fourth-order valence-corrected chi connectivity index (χ4v) is 1.09. The summed E-state index contributed by atoms with van der Waals surface area (Å²) < 4.78 is 9.05. The van der Waals surface area contributed by atoms with Crippen molar-refractivity contribution in [2.45, 2.75) is 6.92 Å². The Labute approximate surface area is 84.0 Å². The van der Waals surface area contributed by atoms with E-state index in [-0.39, 0.29) is 24.4 Å². The minimum atomic E-state index is -0.315. The topological polar surface area (TPSA) is 55.8 Å². The maximum absolute atomic E-state index is 11.0. The zero-order chi connectivity index (χ0) is 11.1. The first-order valence-corrected chi connectivity index (χ1v) is 4.34. The van der Waals surface area contributed by atoms with Crippen molar-refractivity contribution in [2.24, 2.45) is 5.92 Å². The van der Waals surface area contributed by atoms with Gasteiger partial charge >= 0.3 is 11.9 Å². The van der Waals surface area contributed by atoms with E-state index >= 15 is 0 Å². The molecule has 0 saturated carbocycles. The zero-order valence-corrected chi connectivity index (χ0v) is 9.07. The van der Waals surface area contributed by atoms with E-state index < -0.39 is 0 Å². The van der Waals surface area contributed by atoms with Gasteiger partial charge in [-0.15, -0.1) is 0 Å². The van der Waals surface area contributed by atoms with Crippen LogP contribution in [0.4, 0.5) is 0 Å². The van der Waals surface area contributed by atoms with Gasteiger partial charge in [-0.3, -0.25) is 14.5 Å². The standard InChI is InChI=1S/C9H17NO4/c1-7(9(12)14-4)5-10(2)6-8(11)13-3/h7H,5-6H2,1-4H3/t7-/m0/s1. The van der Waals surface area contributed by atoms with Crippen LogP contribution >= 0.6 is 0 Å². The van der Waals surface area contributed by atoms with Crippen molar-refractivity contribution in [3.63, 3.8) is 0 Å². The highest BCUT2D eigenvalue weighted by atomic mass is 16.5. The Morgan fingerprint density at radius 3 is 2.29 bits per heavy atom. The fraction of sp³-hybridized carbons (Fsp3) is 0.778. The minimum absolute atomic E-state index is 0.178. The van der Waals surface area contributed by atoms with E-state index in [0.717, 1.165) is 0 Å². The summed E-state index contributed by atoms with van der Waals surface area (Å²) >= 11 is 0. The number of ether oxygens (including phenoxy) is 2. The Kier molecular flexibility index (Phi) is 5.87. The largest absolute Gasteiger partial charge is 0.469 e. The summed E-state index contributed by atoms with van der Waals surface area (Å²) in [6.45, 7) is 2.40. The summed E-state index contributed by atoms with van der Waals surface area (Å²) in [5.41, 5.74) is 0. The zero-order valence-electron chi connectivity index (χ0n) is 9.07. The van der Waals surface area contributed by atoms with E-state index in [9.17, 15) is 9.59 Å². The fourth-order valence-electron chi connectivity index (χ4n) is 1.09. The van der Waals surface area contributed by atoms with Crippen molar-refractivity contribution in [1.29, 1.82) is 0 Å². The third-order valence-corrected chi connectivity index (χ3v) is 1.82. The molecule has 82 valence electrons. The van der Waals surface area contributed by atoms with Crippen LogP contribution in [0.5, 0.6) is 0 Å². The second kappa shape index (κ2) is 6.37. The molecule has 14 heavy (non-hydrogen) atoms. The van der Waals surface area contributed by atoms with Gasteiger partial charge in [0.15, 0.2) is 0 Å². The Morgan fingerprint density at radius 2 is 1.86 bits per heavy atom. The average molecular weight is 203 g/mol. The van der Waals surface area contributed by atoms with Crippen LogP contribution in [0.15, 0.2) is 0 Å². The molecule has 0 radical (unpaired) electrons. The number of nitrogens with zero attached hydrogens (tertiary/aromatic N) is 1. The van der Waals surface area contributed by atoms with Gasteiger partial charge in [0.2, 0.25) is 0 Å². The number of likely N-dealkylation sites (N-methyl/N-ethyl adjacent to an activating group) is 1. The normalized spacial score (nSPS) is 12.4. The average Bonchev–Trinajstić information content (AvgIpc) is 2.15. The van der Waals surface area contributed by atoms with Gasteiger partial charge in [0.25, 0.3) is 0 Å². The molecule has 0 rings (SSSR count). The first-order chi connectivity index (χ1) is 6.51. The molecule has 0 heterocycles. The molecule has 0 bridgehead atoms. The smallest absolute Gasteiger partial charge is 0.319 e. The highest BCUT2D eigenvalue weighted by Crippen LogP contribution is 2.00. The van der Waals surface area contributed by atoms with Gasteiger partial charge in [-0.1, -0.05) is 6.92 Å². The molecule has 0 aromatic rings. The summed E-state index contributed by atoms with van der Waals surface area (Å²) in [6.07, 6.45) is 0. The van der Waals surface area contributed by atoms with E-state index in [2.05, 4.69) is 9.47 Å². The van der Waals surface area contributed by atoms with Gasteiger partial charge in [-0.2, -0.15) is 0 Å². The van der Waals surface area contributed by atoms with Crippen LogP contribution in [0.1, 0.15) is 6.92 Å². The molecule has 5 nitrogen and oxygen atoms in total. The summed E-state index contributed by atoms with van der Waals surface area (Å²) in [5, 5.41) is 0. The first kappa shape index (κ1) is 12.9. The Balaban J connectivity index is 3.87. The lowest BCUT2D eigenvalue weighted by atomic mass is 10.2. The quantitative estimate of drug-likeness (QED) is 0.584. The molecule has 0 unspecified atom stereocenters. The van der Waals surface area contributed by atoms with Crippen LogP contribution in [0.2, 0.25) is 0 Å². The van der Waals surface area contributed by atoms with Crippen LogP contribution in [-0.2, 0) is 19.1 Å². The molecule has 0 N–H and O–H groups in total. The van der Waals surface area contributed by atoms with Gasteiger partial charge in [-0.05, 0) is 7.05 Å². The summed E-state index contributed by atoms with van der Waals surface area (Å²) in [5.74, 6) is -0.832. The maximum atomic E-state index is 11.0. The third-order valence-electron chi connectivity index (χ3n) is 1.82. The molecule has 1 atom stereocenters. The molecule has 0 aromatic carbocycles. The highest BCUT2D eigenvalue weighted by molar-refractivity contribution is 5.73. The Morgan fingerprint density at radius 1 is 1.29 bits per heavy atom. The molecule has 0 amide bonds. The Hall–Kier alpha value is -1.10. The van der Waals surface area contributed by atoms with Gasteiger partial charge in [0.1, 0.15) is 0 Å². The van der Waals surface area contributed by atoms with E-state index in [4.69, 9.17) is 0 Å². The molecule has 0 fully saturated rings. The van der Waals surface area contributed by atoms with E-state index in [0.29, 0.717) is 6.54 Å². The SMILES string of the molecule is COC(=O)CN(C)C[C@H](C)C(=O)OC. The number of methoxy groups -OCH3 is 2. The Bertz CT molecular complexity index is 205. The second-order valence-electron chi connectivity index (χ2n) is 3.20. The van der Waals surface area contributed by atoms with Crippen LogP contribution in [0.3, 0.4) is 0 Å². The molecule has 0 saturated heterocycles. The van der Waals surface area contributed by atoms with Crippen molar-refractivity contribution in [1.82, 2.24) is 4.90 Å². The minimum Gasteiger partial charge on any atom is -0.469 e. The number of rotatable bonds is 5. The van der Waals surface area contributed by atoms with Crippen molar-refractivity contribution < 1.29 is 19.1 Å². The van der Waals surface area contributed by atoms with E-state index in [1.807, 2.05) is 0 Å². The summed E-state index contributed by atoms with van der Waals surface area (Å²) in [6, 6.07) is 0. The predicted octanol–water partition coefficient (Wildman–Crippen LogP) is -0.0997. The van der Waals surface area contributed by atoms with Crippen molar-refractivity contribution in [3.8, 4) is 0 Å². The molecular formula is C9H17NO4. The lowest BCUT2D eigenvalue weighted by Gasteiger charge is -2.18. The van der Waals surface area contributed by atoms with Gasteiger partial charge in [0, 0.05) is 6.54 Å². The molecule has 0 aliphatic carbocycles. The van der Waals surface area contributed by atoms with Crippen molar-refractivity contribution in [2.75, 3.05) is 34.4 Å². The van der Waals surface area contributed by atoms with Gasteiger partial charge < -0.3 is 9.47 Å². The number of carbonyl (C=O) groups excluding carboxylic acids is 2. The van der Waals surface area contributed by atoms with E-state index in [1.54, 1.807) is 18.9 Å². The number of hydrogen-bond donors (Lipinski definition) is 0. The van der Waals surface area contributed by atoms with Crippen LogP contribution in [0.25, 0.3) is 0 Å². The molecule has 0 aliphatic rings. The molecule has 5 heteroatoms. The molecule has 0 aliphatic heterocycles. The number of esters is 2. The third kappa shape index (κ3) is 4.81. The monoisotopic (exact) mass is 203 g/mol. The van der Waals surface area contributed by atoms with Gasteiger partial charge in [0.05, 0.1) is 26.7 Å². The summed E-state index contributed by atoms with van der Waals surface area (Å²) in [4.78, 5) is 23.6. The molecular weight excluding hydrogens is 186 g/mol. The predicted molar refractivity (Wildman–Crippen MR) is 50.7 cm³/mol. The van der Waals surface area contributed by atoms with Gasteiger partial charge in [-0.25, -0.2) is 0 Å². The number of carbonyl (C=O) groups is 2. The second-order valence-corrected chi connectivity index (χ2v) is 3.20. The van der Waals surface area contributed by atoms with E-state index in [1.165, 1.54) is 14.2 Å². The van der Waals surface area contributed by atoms with Crippen LogP contribution in [0, 0.1) is 5.92 Å². The summed E-state index contributed by atoms with van der Waals surface area (Å²) in [7, 11) is 4.43. The van der Waals surface area contributed by atoms with Crippen LogP contribution in [-0.4, -0.2) is 51.2 Å². The lowest BCUT2D eigenvalue weighted by molar-refractivity contribution is -0.147. The highest BCUT2D eigenvalue weighted by Gasteiger charge is 2.16. The van der Waals surface area contributed by atoms with Crippen molar-refractivity contribution >= 4 is 11.9 Å². The molecule has 0 aromatic heterocycles. The molecule has 0 spiro atoms. The number of hydrogen-bond acceptors (Lipinski definition) is 5. The van der Waals surface area contributed by atoms with Crippen LogP contribution < -0.4 is 0 Å². The lowest BCUT2D eigenvalue weighted by Crippen LogP contribution is -2.33. The van der Waals surface area contributed by atoms with Crippen molar-refractivity contribution in [3.05, 3.63) is 0 Å². The maximum Gasteiger partial charge on any atom is 0.319 e. The first-order valence-electron chi connectivity index (χ1n) is 4.34.